The number of carboxylic acids is 1. The van der Waals surface area contributed by atoms with Gasteiger partial charge in [0, 0.05) is 18.2 Å². The molecule has 0 spiro atoms. The lowest BCUT2D eigenvalue weighted by Crippen LogP contribution is -2.35. The van der Waals surface area contributed by atoms with E-state index in [9.17, 15) is 14.7 Å². The molecule has 2 unspecified atom stereocenters. The molecule has 102 valence electrons. The molecular weight excluding hydrogens is 262 g/mol. The van der Waals surface area contributed by atoms with E-state index in [2.05, 4.69) is 5.32 Å². The van der Waals surface area contributed by atoms with Crippen LogP contribution >= 0.6 is 11.8 Å². The largest absolute Gasteiger partial charge is 0.481 e. The zero-order chi connectivity index (χ0) is 13.7. The Balaban J connectivity index is 1.94. The van der Waals surface area contributed by atoms with Crippen molar-refractivity contribution in [3.63, 3.8) is 0 Å². The minimum absolute atomic E-state index is 0.0211. The van der Waals surface area contributed by atoms with Crippen molar-refractivity contribution in [3.05, 3.63) is 35.9 Å². The van der Waals surface area contributed by atoms with Crippen molar-refractivity contribution in [1.82, 2.24) is 5.32 Å². The molecule has 1 saturated heterocycles. The predicted molar refractivity (Wildman–Crippen MR) is 75.3 cm³/mol. The standard InChI is InChI=1S/C14H17NO3S/c16-13(11-6-7-19-9-11)15-8-12(14(17)18)10-4-2-1-3-5-10/h1-5,11-12H,6-9H2,(H,15,16)(H,17,18). The van der Waals surface area contributed by atoms with Gasteiger partial charge in [-0.15, -0.1) is 0 Å². The lowest BCUT2D eigenvalue weighted by atomic mass is 9.99. The summed E-state index contributed by atoms with van der Waals surface area (Å²) in [6.45, 7) is 0.152. The molecule has 1 aromatic carbocycles. The highest BCUT2D eigenvalue weighted by Gasteiger charge is 2.25. The zero-order valence-electron chi connectivity index (χ0n) is 10.5. The minimum atomic E-state index is -0.910. The van der Waals surface area contributed by atoms with Crippen LogP contribution in [-0.4, -0.2) is 35.0 Å². The lowest BCUT2D eigenvalue weighted by molar-refractivity contribution is -0.138. The van der Waals surface area contributed by atoms with Crippen molar-refractivity contribution in [2.24, 2.45) is 5.92 Å². The van der Waals surface area contributed by atoms with Gasteiger partial charge < -0.3 is 10.4 Å². The van der Waals surface area contributed by atoms with E-state index in [0.717, 1.165) is 23.5 Å². The zero-order valence-corrected chi connectivity index (χ0v) is 11.4. The number of nitrogens with one attached hydrogen (secondary N) is 1. The SMILES string of the molecule is O=C(NCC(C(=O)O)c1ccccc1)C1CCSC1. The van der Waals surface area contributed by atoms with Gasteiger partial charge in [0.2, 0.25) is 5.91 Å². The quantitative estimate of drug-likeness (QED) is 0.861. The number of hydrogen-bond acceptors (Lipinski definition) is 3. The van der Waals surface area contributed by atoms with Gasteiger partial charge in [-0.25, -0.2) is 0 Å². The molecule has 2 N–H and O–H groups in total. The van der Waals surface area contributed by atoms with Crippen LogP contribution in [0.4, 0.5) is 0 Å². The summed E-state index contributed by atoms with van der Waals surface area (Å²) in [6.07, 6.45) is 0.888. The summed E-state index contributed by atoms with van der Waals surface area (Å²) in [5.74, 6) is 0.280. The predicted octanol–water partition coefficient (Wildman–Crippen LogP) is 1.72. The van der Waals surface area contributed by atoms with Gasteiger partial charge in [-0.05, 0) is 17.7 Å². The molecule has 0 saturated carbocycles. The highest BCUT2D eigenvalue weighted by Crippen LogP contribution is 2.23. The maximum absolute atomic E-state index is 11.9. The summed E-state index contributed by atoms with van der Waals surface area (Å²) in [5, 5.41) is 12.0. The number of benzene rings is 1. The fourth-order valence-electron chi connectivity index (χ4n) is 2.12. The average Bonchev–Trinajstić information content (AvgIpc) is 2.93. The first-order valence-electron chi connectivity index (χ1n) is 6.31. The molecule has 1 fully saturated rings. The van der Waals surface area contributed by atoms with Crippen LogP contribution in [0.25, 0.3) is 0 Å². The molecule has 1 heterocycles. The van der Waals surface area contributed by atoms with Gasteiger partial charge in [-0.1, -0.05) is 30.3 Å². The van der Waals surface area contributed by atoms with Crippen LogP contribution in [0.1, 0.15) is 17.9 Å². The van der Waals surface area contributed by atoms with Gasteiger partial charge in [0.1, 0.15) is 0 Å². The highest BCUT2D eigenvalue weighted by atomic mass is 32.2. The molecule has 2 atom stereocenters. The van der Waals surface area contributed by atoms with Crippen LogP contribution in [0.2, 0.25) is 0 Å². The average molecular weight is 279 g/mol. The number of rotatable bonds is 5. The van der Waals surface area contributed by atoms with Crippen molar-refractivity contribution < 1.29 is 14.7 Å². The van der Waals surface area contributed by atoms with E-state index < -0.39 is 11.9 Å². The van der Waals surface area contributed by atoms with Crippen LogP contribution in [-0.2, 0) is 9.59 Å². The maximum Gasteiger partial charge on any atom is 0.312 e. The fourth-order valence-corrected chi connectivity index (χ4v) is 3.34. The second-order valence-corrected chi connectivity index (χ2v) is 5.76. The Labute approximate surface area is 116 Å². The molecule has 0 radical (unpaired) electrons. The summed E-state index contributed by atoms with van der Waals surface area (Å²) in [4.78, 5) is 23.2. The normalized spacial score (nSPS) is 19.9. The molecule has 1 amide bonds. The van der Waals surface area contributed by atoms with Crippen molar-refractivity contribution >= 4 is 23.6 Å². The third-order valence-corrected chi connectivity index (χ3v) is 4.44. The van der Waals surface area contributed by atoms with E-state index in [1.807, 2.05) is 6.07 Å². The molecule has 1 aromatic rings. The van der Waals surface area contributed by atoms with Crippen LogP contribution in [0.15, 0.2) is 30.3 Å². The molecule has 1 aliphatic rings. The maximum atomic E-state index is 11.9. The number of aliphatic carboxylic acids is 1. The van der Waals surface area contributed by atoms with E-state index >= 15 is 0 Å². The smallest absolute Gasteiger partial charge is 0.312 e. The number of carboxylic acid groups (broad SMARTS) is 1. The molecule has 4 nitrogen and oxygen atoms in total. The van der Waals surface area contributed by atoms with E-state index in [-0.39, 0.29) is 18.4 Å². The summed E-state index contributed by atoms with van der Waals surface area (Å²) in [5.41, 5.74) is 0.719. The Kier molecular flexibility index (Phi) is 4.85. The second-order valence-electron chi connectivity index (χ2n) is 4.61. The lowest BCUT2D eigenvalue weighted by Gasteiger charge is -2.15. The van der Waals surface area contributed by atoms with Crippen LogP contribution in [0, 0.1) is 5.92 Å². The number of amides is 1. The van der Waals surface area contributed by atoms with Gasteiger partial charge in [-0.2, -0.15) is 11.8 Å². The van der Waals surface area contributed by atoms with Crippen LogP contribution in [0.3, 0.4) is 0 Å². The van der Waals surface area contributed by atoms with E-state index in [4.69, 9.17) is 0 Å². The van der Waals surface area contributed by atoms with Gasteiger partial charge in [0.05, 0.1) is 5.92 Å². The summed E-state index contributed by atoms with van der Waals surface area (Å²) in [7, 11) is 0. The van der Waals surface area contributed by atoms with Gasteiger partial charge >= 0.3 is 5.97 Å². The van der Waals surface area contributed by atoms with Crippen LogP contribution in [0.5, 0.6) is 0 Å². The van der Waals surface area contributed by atoms with E-state index in [1.165, 1.54) is 0 Å². The van der Waals surface area contributed by atoms with Crippen molar-refractivity contribution in [2.45, 2.75) is 12.3 Å². The summed E-state index contributed by atoms with van der Waals surface area (Å²) in [6, 6.07) is 9.00. The number of hydrogen-bond donors (Lipinski definition) is 2. The Morgan fingerprint density at radius 2 is 2.11 bits per heavy atom. The Morgan fingerprint density at radius 3 is 2.68 bits per heavy atom. The summed E-state index contributed by atoms with van der Waals surface area (Å²) < 4.78 is 0. The molecule has 2 rings (SSSR count). The third kappa shape index (κ3) is 3.73. The minimum Gasteiger partial charge on any atom is -0.481 e. The van der Waals surface area contributed by atoms with E-state index in [0.29, 0.717) is 0 Å². The van der Waals surface area contributed by atoms with Crippen LogP contribution < -0.4 is 5.32 Å². The fraction of sp³-hybridized carbons (Fsp3) is 0.429. The first-order chi connectivity index (χ1) is 9.18. The molecular formula is C14H17NO3S. The Bertz CT molecular complexity index is 443. The Hall–Kier alpha value is -1.49. The van der Waals surface area contributed by atoms with Crippen molar-refractivity contribution in [1.29, 1.82) is 0 Å². The highest BCUT2D eigenvalue weighted by molar-refractivity contribution is 7.99. The number of carbonyl (C=O) groups excluding carboxylic acids is 1. The molecule has 5 heteroatoms. The number of carbonyl (C=O) groups is 2. The first kappa shape index (κ1) is 13.9. The van der Waals surface area contributed by atoms with Gasteiger partial charge in [-0.3, -0.25) is 9.59 Å². The van der Waals surface area contributed by atoms with Gasteiger partial charge in [0.25, 0.3) is 0 Å². The Morgan fingerprint density at radius 1 is 1.37 bits per heavy atom. The summed E-state index contributed by atoms with van der Waals surface area (Å²) >= 11 is 1.77. The van der Waals surface area contributed by atoms with Crippen molar-refractivity contribution in [3.8, 4) is 0 Å². The molecule has 0 bridgehead atoms. The third-order valence-electron chi connectivity index (χ3n) is 3.28. The topological polar surface area (TPSA) is 66.4 Å². The molecule has 0 aliphatic carbocycles. The molecule has 0 aromatic heterocycles. The van der Waals surface area contributed by atoms with Gasteiger partial charge in [0.15, 0.2) is 0 Å². The van der Waals surface area contributed by atoms with E-state index in [1.54, 1.807) is 36.0 Å². The molecule has 19 heavy (non-hydrogen) atoms. The number of thioether (sulfide) groups is 1. The molecule has 1 aliphatic heterocycles. The first-order valence-corrected chi connectivity index (χ1v) is 7.47. The van der Waals surface area contributed by atoms with Crippen molar-refractivity contribution in [2.75, 3.05) is 18.1 Å². The monoisotopic (exact) mass is 279 g/mol. The second kappa shape index (κ2) is 6.61.